The minimum Gasteiger partial charge on any atom is -0.399 e. The van der Waals surface area contributed by atoms with Crippen molar-refractivity contribution in [3.63, 3.8) is 0 Å². The van der Waals surface area contributed by atoms with Crippen LogP contribution in [0.2, 0.25) is 0 Å². The minimum atomic E-state index is -3.48. The molecule has 0 heterocycles. The summed E-state index contributed by atoms with van der Waals surface area (Å²) in [5.41, 5.74) is 7.94. The molecule has 0 saturated heterocycles. The van der Waals surface area contributed by atoms with Crippen LogP contribution in [0.3, 0.4) is 0 Å². The van der Waals surface area contributed by atoms with Gasteiger partial charge in [0, 0.05) is 12.2 Å². The van der Waals surface area contributed by atoms with Gasteiger partial charge < -0.3 is 5.73 Å². The Labute approximate surface area is 119 Å². The Balaban J connectivity index is 2.04. The van der Waals surface area contributed by atoms with Crippen LogP contribution in [-0.2, 0) is 16.4 Å². The first kappa shape index (κ1) is 14.6. The van der Waals surface area contributed by atoms with Gasteiger partial charge >= 0.3 is 0 Å². The lowest BCUT2D eigenvalue weighted by Gasteiger charge is -2.10. The standard InChI is InChI=1S/C15H18N2O2S/c1-12-11-14(16)7-8-15(12)20(18,19)17-10-9-13-5-3-2-4-6-13/h2-8,11,17H,9-10,16H2,1H3. The molecule has 0 fully saturated rings. The molecule has 5 heteroatoms. The van der Waals surface area contributed by atoms with Gasteiger partial charge in [-0.25, -0.2) is 13.1 Å². The highest BCUT2D eigenvalue weighted by Gasteiger charge is 2.15. The van der Waals surface area contributed by atoms with E-state index in [-0.39, 0.29) is 4.90 Å². The van der Waals surface area contributed by atoms with Crippen molar-refractivity contribution in [2.45, 2.75) is 18.2 Å². The first-order valence-corrected chi connectivity index (χ1v) is 7.87. The Hall–Kier alpha value is -1.85. The van der Waals surface area contributed by atoms with Gasteiger partial charge in [0.25, 0.3) is 0 Å². The molecule has 0 aromatic heterocycles. The second-order valence-electron chi connectivity index (χ2n) is 4.66. The molecule has 3 N–H and O–H groups in total. The van der Waals surface area contributed by atoms with E-state index in [1.165, 1.54) is 6.07 Å². The van der Waals surface area contributed by atoms with Gasteiger partial charge in [0.2, 0.25) is 10.0 Å². The zero-order valence-electron chi connectivity index (χ0n) is 11.3. The Kier molecular flexibility index (Phi) is 4.42. The van der Waals surface area contributed by atoms with Crippen molar-refractivity contribution in [3.05, 3.63) is 59.7 Å². The van der Waals surface area contributed by atoms with Gasteiger partial charge in [0.1, 0.15) is 0 Å². The number of nitrogens with two attached hydrogens (primary N) is 1. The van der Waals surface area contributed by atoms with E-state index in [0.29, 0.717) is 24.2 Å². The highest BCUT2D eigenvalue weighted by atomic mass is 32.2. The topological polar surface area (TPSA) is 72.2 Å². The fraction of sp³-hybridized carbons (Fsp3) is 0.200. The fourth-order valence-corrected chi connectivity index (χ4v) is 3.28. The lowest BCUT2D eigenvalue weighted by atomic mass is 10.2. The Bertz CT molecular complexity index is 682. The van der Waals surface area contributed by atoms with Crippen molar-refractivity contribution in [1.82, 2.24) is 4.72 Å². The molecule has 106 valence electrons. The van der Waals surface area contributed by atoms with Crippen LogP contribution in [-0.4, -0.2) is 15.0 Å². The molecule has 0 spiro atoms. The zero-order valence-corrected chi connectivity index (χ0v) is 12.2. The lowest BCUT2D eigenvalue weighted by molar-refractivity contribution is 0.581. The molecule has 4 nitrogen and oxygen atoms in total. The van der Waals surface area contributed by atoms with Crippen LogP contribution in [0.4, 0.5) is 5.69 Å². The lowest BCUT2D eigenvalue weighted by Crippen LogP contribution is -2.26. The maximum Gasteiger partial charge on any atom is 0.240 e. The van der Waals surface area contributed by atoms with Crippen molar-refractivity contribution < 1.29 is 8.42 Å². The van der Waals surface area contributed by atoms with E-state index in [2.05, 4.69) is 4.72 Å². The summed E-state index contributed by atoms with van der Waals surface area (Å²) in [4.78, 5) is 0.278. The molecule has 0 aliphatic heterocycles. The van der Waals surface area contributed by atoms with Crippen LogP contribution >= 0.6 is 0 Å². The van der Waals surface area contributed by atoms with Gasteiger partial charge in [0.05, 0.1) is 4.90 Å². The maximum absolute atomic E-state index is 12.2. The number of aryl methyl sites for hydroxylation is 1. The van der Waals surface area contributed by atoms with Crippen LogP contribution in [0.25, 0.3) is 0 Å². The smallest absolute Gasteiger partial charge is 0.240 e. The summed E-state index contributed by atoms with van der Waals surface area (Å²) in [5.74, 6) is 0. The van der Waals surface area contributed by atoms with Gasteiger partial charge in [0.15, 0.2) is 0 Å². The first-order valence-electron chi connectivity index (χ1n) is 6.39. The molecular formula is C15H18N2O2S. The molecule has 0 bridgehead atoms. The Morgan fingerprint density at radius 3 is 2.45 bits per heavy atom. The number of benzene rings is 2. The molecule has 0 atom stereocenters. The molecule has 0 aliphatic carbocycles. The number of sulfonamides is 1. The van der Waals surface area contributed by atoms with E-state index < -0.39 is 10.0 Å². The quantitative estimate of drug-likeness (QED) is 0.828. The molecule has 0 radical (unpaired) electrons. The van der Waals surface area contributed by atoms with E-state index >= 15 is 0 Å². The summed E-state index contributed by atoms with van der Waals surface area (Å²) in [6.45, 7) is 2.11. The second kappa shape index (κ2) is 6.07. The minimum absolute atomic E-state index is 0.278. The van der Waals surface area contributed by atoms with Gasteiger partial charge in [-0.1, -0.05) is 30.3 Å². The van der Waals surface area contributed by atoms with E-state index in [0.717, 1.165) is 5.56 Å². The SMILES string of the molecule is Cc1cc(N)ccc1S(=O)(=O)NCCc1ccccc1. The molecule has 2 aromatic rings. The van der Waals surface area contributed by atoms with Gasteiger partial charge in [-0.15, -0.1) is 0 Å². The predicted molar refractivity (Wildman–Crippen MR) is 80.9 cm³/mol. The number of hydrogen-bond acceptors (Lipinski definition) is 3. The van der Waals surface area contributed by atoms with Crippen LogP contribution in [0.15, 0.2) is 53.4 Å². The first-order chi connectivity index (χ1) is 9.49. The molecule has 20 heavy (non-hydrogen) atoms. The van der Waals surface area contributed by atoms with E-state index in [9.17, 15) is 8.42 Å². The van der Waals surface area contributed by atoms with E-state index in [1.54, 1.807) is 19.1 Å². The third-order valence-electron chi connectivity index (χ3n) is 3.04. The highest BCUT2D eigenvalue weighted by Crippen LogP contribution is 2.17. The molecule has 2 aromatic carbocycles. The van der Waals surface area contributed by atoms with E-state index in [1.807, 2.05) is 30.3 Å². The number of hydrogen-bond donors (Lipinski definition) is 2. The average Bonchev–Trinajstić information content (AvgIpc) is 2.39. The molecule has 0 unspecified atom stereocenters. The van der Waals surface area contributed by atoms with Crippen molar-refractivity contribution >= 4 is 15.7 Å². The van der Waals surface area contributed by atoms with Crippen LogP contribution in [0, 0.1) is 6.92 Å². The Morgan fingerprint density at radius 1 is 1.10 bits per heavy atom. The summed E-state index contributed by atoms with van der Waals surface area (Å²) in [7, 11) is -3.48. The van der Waals surface area contributed by atoms with Crippen molar-refractivity contribution in [1.29, 1.82) is 0 Å². The van der Waals surface area contributed by atoms with Crippen LogP contribution in [0.5, 0.6) is 0 Å². The molecular weight excluding hydrogens is 272 g/mol. The monoisotopic (exact) mass is 290 g/mol. The number of nitrogens with one attached hydrogen (secondary N) is 1. The van der Waals surface area contributed by atoms with Crippen molar-refractivity contribution in [2.24, 2.45) is 0 Å². The predicted octanol–water partition coefficient (Wildman–Crippen LogP) is 2.10. The normalized spacial score (nSPS) is 11.4. The highest BCUT2D eigenvalue weighted by molar-refractivity contribution is 7.89. The number of anilines is 1. The summed E-state index contributed by atoms with van der Waals surface area (Å²) >= 11 is 0. The average molecular weight is 290 g/mol. The van der Waals surface area contributed by atoms with Crippen molar-refractivity contribution in [3.8, 4) is 0 Å². The molecule has 0 saturated carbocycles. The largest absolute Gasteiger partial charge is 0.399 e. The van der Waals surface area contributed by atoms with E-state index in [4.69, 9.17) is 5.73 Å². The summed E-state index contributed by atoms with van der Waals surface area (Å²) < 4.78 is 27.0. The van der Waals surface area contributed by atoms with Crippen LogP contribution < -0.4 is 10.5 Å². The second-order valence-corrected chi connectivity index (χ2v) is 6.39. The molecule has 0 aliphatic rings. The number of rotatable bonds is 5. The van der Waals surface area contributed by atoms with Gasteiger partial charge in [-0.3, -0.25) is 0 Å². The van der Waals surface area contributed by atoms with Crippen LogP contribution in [0.1, 0.15) is 11.1 Å². The van der Waals surface area contributed by atoms with Crippen molar-refractivity contribution in [2.75, 3.05) is 12.3 Å². The summed E-state index contributed by atoms with van der Waals surface area (Å²) in [5, 5.41) is 0. The fourth-order valence-electron chi connectivity index (χ4n) is 2.03. The van der Waals surface area contributed by atoms with Gasteiger partial charge in [-0.05, 0) is 42.7 Å². The zero-order chi connectivity index (χ0) is 14.6. The molecule has 0 amide bonds. The summed E-state index contributed by atoms with van der Waals surface area (Å²) in [6, 6.07) is 14.6. The summed E-state index contributed by atoms with van der Waals surface area (Å²) in [6.07, 6.45) is 0.661. The third-order valence-corrected chi connectivity index (χ3v) is 4.66. The van der Waals surface area contributed by atoms with Gasteiger partial charge in [-0.2, -0.15) is 0 Å². The molecule has 2 rings (SSSR count). The Morgan fingerprint density at radius 2 is 1.80 bits per heavy atom. The maximum atomic E-state index is 12.2. The number of nitrogen functional groups attached to an aromatic ring is 1. The third kappa shape index (κ3) is 3.59.